The summed E-state index contributed by atoms with van der Waals surface area (Å²) in [7, 11) is 1.00. The molecule has 0 heterocycles. The van der Waals surface area contributed by atoms with Crippen molar-refractivity contribution < 1.29 is 85.7 Å². The fourth-order valence-electron chi connectivity index (χ4n) is 12.9. The van der Waals surface area contributed by atoms with Crippen LogP contribution in [0.25, 0.3) is 0 Å². The number of aryl methyl sites for hydroxylation is 4. The monoisotopic (exact) mass is 1730 g/mol. The Bertz CT molecular complexity index is 4540. The molecule has 0 aromatic heterocycles. The van der Waals surface area contributed by atoms with E-state index in [2.05, 4.69) is 80.1 Å². The zero-order valence-corrected chi connectivity index (χ0v) is 78.5. The van der Waals surface area contributed by atoms with Gasteiger partial charge >= 0.3 is 24.1 Å². The molecule has 0 bridgehead atoms. The van der Waals surface area contributed by atoms with Crippen LogP contribution in [0, 0.1) is 27.7 Å². The van der Waals surface area contributed by atoms with Gasteiger partial charge in [0.1, 0.15) is 16.8 Å². The average Bonchev–Trinajstić information content (AvgIpc) is 0.851. The number of aliphatic hydroxyl groups is 1. The van der Waals surface area contributed by atoms with Crippen molar-refractivity contribution in [2.45, 2.75) is 261 Å². The molecule has 0 aliphatic rings. The van der Waals surface area contributed by atoms with Gasteiger partial charge in [-0.25, -0.2) is 14.4 Å². The first-order valence-electron chi connectivity index (χ1n) is 42.0. The normalized spacial score (nSPS) is 11.8. The van der Waals surface area contributed by atoms with Crippen LogP contribution < -0.4 is 45.1 Å². The highest BCUT2D eigenvalue weighted by atomic mass is 35.5. The van der Waals surface area contributed by atoms with Crippen LogP contribution in [-0.4, -0.2) is 107 Å². The smallest absolute Gasteiger partial charge is 0.408 e. The fraction of sp³-hybridized carbons (Fsp3) is 0.436. The van der Waals surface area contributed by atoms with Gasteiger partial charge in [-0.2, -0.15) is 0 Å². The number of benzene rings is 8. The number of rotatable bonds is 30. The van der Waals surface area contributed by atoms with Crippen LogP contribution >= 0.6 is 11.6 Å². The molecule has 0 aliphatic carbocycles. The summed E-state index contributed by atoms with van der Waals surface area (Å²) < 4.78 is 15.9. The summed E-state index contributed by atoms with van der Waals surface area (Å²) in [6.45, 7) is 41.3. The van der Waals surface area contributed by atoms with E-state index in [1.54, 1.807) is 26.8 Å². The number of nitrogens with two attached hydrogens (primary N) is 1. The highest BCUT2D eigenvalue weighted by molar-refractivity contribution is 6.15. The summed E-state index contributed by atoms with van der Waals surface area (Å²) in [5.41, 5.74) is 22.6. The van der Waals surface area contributed by atoms with E-state index in [1.807, 2.05) is 271 Å². The Kier molecular flexibility index (Phi) is 50.8. The Hall–Kier alpha value is -10.4. The van der Waals surface area contributed by atoms with E-state index in [0.717, 1.165) is 90.6 Å². The number of ketones is 3. The Balaban J connectivity index is 0.000000781. The molecule has 0 unspecified atom stereocenters. The minimum atomic E-state index is -0.840. The zero-order valence-electron chi connectivity index (χ0n) is 77.0. The van der Waals surface area contributed by atoms with E-state index in [-0.39, 0.29) is 103 Å². The number of hydrogen-bond donors (Lipinski definition) is 8. The standard InChI is InChI=1S/C28H37NO4.C25H33NO3.C22H28N2O2.C13H20N2O2.C11H14O2.CH3Cl.CH4O.ClH/c1-19(2)22-13-12-20(3)18-23(22)25(30)15-14-24(21-10-8-7-9-11-21)29-26(31)16-17-27(32)33-28(4,5)6;1-17(2)20-13-12-18(3)16-21(20)23(27)15-14-22(19-10-8-7-9-11-19)26-24(28)29-25(4,5)6;1-15(2)18-10-9-16(3)13-19(18)21(25)12-11-20(24-22(26)14-23)17-7-5-4-6-8-17;1-13(2,3)17-12(16)15-11(9-14)10-7-5-4-6-8-10;1-7(2)9-5-4-8(3)6-10(9)11(12)13;2*1-2;/h7-13,18-19,24H,14-17H2,1-6H3,(H,29,31);7-13,16-17,22H,14-15H2,1-6H3,(H,26,28);4-10,13,15,20H,11-12,14,23H2,1-3H3,(H,24,26);4-8,11H,9,14H2,1-3H3,(H,15,16);4-7H,1-3H3,(H,12,13);1H3;2H,1H3;1H/t24-;22-;20-;11-;;;;/m1111..../s1. The summed E-state index contributed by atoms with van der Waals surface area (Å²) in [5, 5.41) is 27.6. The molecule has 4 atom stereocenters. The number of carboxylic acid groups (broad SMARTS) is 1. The molecule has 8 aromatic rings. The third kappa shape index (κ3) is 43.0. The lowest BCUT2D eigenvalue weighted by atomic mass is 9.90. The number of aliphatic hydroxyl groups excluding tert-OH is 1. The largest absolute Gasteiger partial charge is 1.00 e. The number of alkyl halides is 1. The number of aromatic carboxylic acids is 1. The molecule has 0 radical (unpaired) electrons. The second-order valence-corrected chi connectivity index (χ2v) is 34.0. The SMILES string of the molecule is CC(C)(C)OC(=O)N[C@H](CN)c1ccccc1.CCl.CO.Cc1ccc(C(C)C)c(C(=O)CC[C@@H](NC(=O)CCC(=O)OC(C)(C)C)c2ccccc2)c1.Cc1ccc(C(C)C)c(C(=O)CC[C@@H](NC(=O)C[NH3+])c2ccccc2)c1.Cc1ccc(C(C)C)c(C(=O)CC[C@@H](NC(=O)OC(C)(C)C)c2ccccc2)c1.Cc1ccc(C(C)C)c(C(=O)O)c1.[Cl-]. The minimum Gasteiger partial charge on any atom is -1.00 e. The summed E-state index contributed by atoms with van der Waals surface area (Å²) in [6, 6.07) is 61.4. The Morgan fingerprint density at radius 1 is 0.366 bits per heavy atom. The molecule has 22 heteroatoms. The maximum atomic E-state index is 13.1. The van der Waals surface area contributed by atoms with E-state index in [0.29, 0.717) is 56.6 Å². The van der Waals surface area contributed by atoms with Crippen molar-refractivity contribution in [1.29, 1.82) is 0 Å². The van der Waals surface area contributed by atoms with Crippen LogP contribution in [0.5, 0.6) is 0 Å². The fourth-order valence-corrected chi connectivity index (χ4v) is 12.9. The number of amides is 4. The predicted molar refractivity (Wildman–Crippen MR) is 492 cm³/mol. The predicted octanol–water partition coefficient (Wildman–Crippen LogP) is 18.1. The van der Waals surface area contributed by atoms with Crippen molar-refractivity contribution in [2.24, 2.45) is 5.73 Å². The first kappa shape index (κ1) is 111. The topological polar surface area (TPSA) is 324 Å². The molecular weight excluding hydrogens is 1590 g/mol. The van der Waals surface area contributed by atoms with Gasteiger partial charge in [-0.1, -0.05) is 248 Å². The molecule has 0 saturated carbocycles. The molecule has 11 N–H and O–H groups in total. The Morgan fingerprint density at radius 2 is 0.618 bits per heavy atom. The van der Waals surface area contributed by atoms with Crippen molar-refractivity contribution in [3.05, 3.63) is 283 Å². The summed E-state index contributed by atoms with van der Waals surface area (Å²) in [5.74, 6) is -0.196. The zero-order chi connectivity index (χ0) is 92.2. The molecule has 123 heavy (non-hydrogen) atoms. The lowest BCUT2D eigenvalue weighted by molar-refractivity contribution is -0.355. The average molecular weight is 1730 g/mol. The van der Waals surface area contributed by atoms with Gasteiger partial charge in [0.2, 0.25) is 5.91 Å². The van der Waals surface area contributed by atoms with E-state index >= 15 is 0 Å². The van der Waals surface area contributed by atoms with Gasteiger partial charge in [-0.05, 0) is 202 Å². The number of nitrogens with one attached hydrogen (secondary N) is 4. The Labute approximate surface area is 744 Å². The number of hydrogen-bond acceptors (Lipinski definition) is 14. The third-order valence-electron chi connectivity index (χ3n) is 18.7. The molecule has 672 valence electrons. The van der Waals surface area contributed by atoms with E-state index < -0.39 is 40.9 Å². The molecule has 0 saturated heterocycles. The van der Waals surface area contributed by atoms with Crippen LogP contribution in [-0.2, 0) is 28.6 Å². The summed E-state index contributed by atoms with van der Waals surface area (Å²) in [6.07, 6.45) is 3.22. The summed E-state index contributed by atoms with van der Waals surface area (Å²) >= 11 is 4.64. The molecular formula is C101H140Cl2N6O14. The van der Waals surface area contributed by atoms with Crippen LogP contribution in [0.15, 0.2) is 194 Å². The number of alkyl carbamates (subject to hydrolysis) is 2. The van der Waals surface area contributed by atoms with Crippen LogP contribution in [0.4, 0.5) is 9.59 Å². The van der Waals surface area contributed by atoms with Crippen molar-refractivity contribution in [3.63, 3.8) is 0 Å². The van der Waals surface area contributed by atoms with Crippen LogP contribution in [0.2, 0.25) is 0 Å². The molecule has 0 aliphatic heterocycles. The second-order valence-electron chi connectivity index (χ2n) is 34.0. The number of Topliss-reactive ketones (excluding diaryl/α,β-unsaturated/α-hetero) is 3. The molecule has 0 fully saturated rings. The van der Waals surface area contributed by atoms with Crippen molar-refractivity contribution >= 4 is 64.9 Å². The van der Waals surface area contributed by atoms with Crippen molar-refractivity contribution in [3.8, 4) is 0 Å². The van der Waals surface area contributed by atoms with Crippen LogP contribution in [0.3, 0.4) is 0 Å². The van der Waals surface area contributed by atoms with E-state index in [4.69, 9.17) is 30.2 Å². The molecule has 0 spiro atoms. The lowest BCUT2D eigenvalue weighted by Crippen LogP contribution is -3.00. The van der Waals surface area contributed by atoms with Crippen LogP contribution in [0.1, 0.15) is 325 Å². The second kappa shape index (κ2) is 56.4. The number of quaternary nitrogens is 1. The molecule has 4 amide bonds. The van der Waals surface area contributed by atoms with Gasteiger partial charge < -0.3 is 69.6 Å². The van der Waals surface area contributed by atoms with Gasteiger partial charge in [0.15, 0.2) is 23.9 Å². The number of ether oxygens (including phenoxy) is 3. The van der Waals surface area contributed by atoms with Gasteiger partial charge in [0.25, 0.3) is 5.91 Å². The van der Waals surface area contributed by atoms with Gasteiger partial charge in [0.05, 0.1) is 36.2 Å². The van der Waals surface area contributed by atoms with Gasteiger partial charge in [-0.15, -0.1) is 11.6 Å². The van der Waals surface area contributed by atoms with Crippen molar-refractivity contribution in [1.82, 2.24) is 21.3 Å². The first-order valence-corrected chi connectivity index (χ1v) is 42.7. The quantitative estimate of drug-likeness (QED) is 0.00898. The molecule has 8 rings (SSSR count). The van der Waals surface area contributed by atoms with E-state index in [9.17, 15) is 43.2 Å². The van der Waals surface area contributed by atoms with Gasteiger partial charge in [0, 0.05) is 62.4 Å². The van der Waals surface area contributed by atoms with Crippen molar-refractivity contribution in [2.75, 3.05) is 26.6 Å². The summed E-state index contributed by atoms with van der Waals surface area (Å²) in [4.78, 5) is 110. The minimum absolute atomic E-state index is 0. The lowest BCUT2D eigenvalue weighted by Gasteiger charge is -2.24. The third-order valence-corrected chi connectivity index (χ3v) is 18.7. The maximum absolute atomic E-state index is 13.1. The molecule has 8 aromatic carbocycles. The van der Waals surface area contributed by atoms with E-state index in [1.165, 1.54) is 6.38 Å². The highest BCUT2D eigenvalue weighted by Gasteiger charge is 2.27. The number of carbonyl (C=O) groups is 9. The first-order chi connectivity index (χ1) is 57.4. The number of halogens is 2. The highest BCUT2D eigenvalue weighted by Crippen LogP contribution is 2.31. The molecule has 20 nitrogen and oxygen atoms in total. The maximum Gasteiger partial charge on any atom is 0.408 e. The number of esters is 1. The number of carboxylic acids is 1. The number of carbonyl (C=O) groups excluding carboxylic acids is 8. The van der Waals surface area contributed by atoms with Gasteiger partial charge in [-0.3, -0.25) is 28.8 Å². The Morgan fingerprint density at radius 3 is 0.878 bits per heavy atom.